The first-order valence-corrected chi connectivity index (χ1v) is 19.5. The molecule has 63 heavy (non-hydrogen) atoms. The molecule has 9 aromatic carbocycles. The van der Waals surface area contributed by atoms with E-state index in [1.54, 1.807) is 66.7 Å². The van der Waals surface area contributed by atoms with Gasteiger partial charge in [0.25, 0.3) is 0 Å². The maximum Gasteiger partial charge on any atom is 0.160 e. The maximum atomic E-state index is 9.79. The number of para-hydroxylation sites is 6. The summed E-state index contributed by atoms with van der Waals surface area (Å²) < 4.78 is 227. The van der Waals surface area contributed by atoms with Crippen LogP contribution < -0.4 is 0 Å². The third-order valence-corrected chi connectivity index (χ3v) is 11.0. The van der Waals surface area contributed by atoms with Gasteiger partial charge in [-0.1, -0.05) is 169 Å². The van der Waals surface area contributed by atoms with Crippen LogP contribution in [0.4, 0.5) is 0 Å². The number of rotatable bonds is 6. The van der Waals surface area contributed by atoms with Gasteiger partial charge in [-0.05, 0) is 54.5 Å². The summed E-state index contributed by atoms with van der Waals surface area (Å²) in [5.41, 5.74) is -3.47. The molecule has 0 saturated carbocycles. The zero-order valence-corrected chi connectivity index (χ0v) is 32.2. The average molecular weight is 828 g/mol. The van der Waals surface area contributed by atoms with Crippen molar-refractivity contribution in [3.05, 3.63) is 224 Å². The highest BCUT2D eigenvalue weighted by atomic mass is 15.1. The van der Waals surface area contributed by atoms with E-state index in [0.29, 0.717) is 16.8 Å². The normalized spacial score (nSPS) is 17.1. The smallest absolute Gasteiger partial charge is 0.160 e. The number of aromatic nitrogens is 5. The summed E-state index contributed by atoms with van der Waals surface area (Å²) in [6, 6.07) is 1.83. The first-order chi connectivity index (χ1) is 41.2. The molecule has 5 heteroatoms. The van der Waals surface area contributed by atoms with E-state index in [9.17, 15) is 19.2 Å². The first kappa shape index (κ1) is 19.0. The quantitative estimate of drug-likeness (QED) is 0.168. The van der Waals surface area contributed by atoms with Crippen molar-refractivity contribution in [2.75, 3.05) is 0 Å². The summed E-state index contributed by atoms with van der Waals surface area (Å²) in [6.45, 7) is 0. The van der Waals surface area contributed by atoms with Gasteiger partial charge in [0.2, 0.25) is 0 Å². The van der Waals surface area contributed by atoms with Crippen LogP contribution in [0.15, 0.2) is 224 Å². The molecular weight excluding hydrogens is 767 g/mol. The van der Waals surface area contributed by atoms with Gasteiger partial charge >= 0.3 is 0 Å². The van der Waals surface area contributed by atoms with E-state index >= 15 is 0 Å². The van der Waals surface area contributed by atoms with Gasteiger partial charge in [-0.2, -0.15) is 0 Å². The van der Waals surface area contributed by atoms with Crippen LogP contribution in [-0.2, 0) is 0 Å². The van der Waals surface area contributed by atoms with E-state index in [2.05, 4.69) is 0 Å². The standard InChI is InChI=1S/C58H37N5/c1-3-19-38(20-4-1)47-37-48(60-58(59-47)39-21-5-2-6-22-39)40-35-55(61-49-29-13-7-23-41(49)42-24-8-14-30-50(42)61)57(63-53-33-17-11-27-45(53)46-28-12-18-34-54(46)63)56(36-40)62-51-31-15-9-25-43(51)44-26-10-16-32-52(44)62/h1-37H/i7D,8D,9D,10D,11D,12D,13D,14D,15D,16D,17D,18D,23D,24D,25D,26D,27D,28D,29D,30D,31D,32D,33D,34D. The predicted octanol–water partition coefficient (Wildman–Crippen LogP) is 14.8. The third kappa shape index (κ3) is 5.43. The molecule has 0 saturated heterocycles. The first-order valence-electron chi connectivity index (χ1n) is 31.5. The number of nitrogens with zero attached hydrogens (tertiary/aromatic N) is 5. The minimum Gasteiger partial charge on any atom is -0.307 e. The van der Waals surface area contributed by atoms with Gasteiger partial charge in [0.15, 0.2) is 5.82 Å². The van der Waals surface area contributed by atoms with Crippen molar-refractivity contribution < 1.29 is 32.9 Å². The van der Waals surface area contributed by atoms with Crippen molar-refractivity contribution in [2.24, 2.45) is 0 Å². The molecule has 0 N–H and O–H groups in total. The highest BCUT2D eigenvalue weighted by Crippen LogP contribution is 2.45. The van der Waals surface area contributed by atoms with E-state index in [1.165, 1.54) is 12.1 Å². The zero-order chi connectivity index (χ0) is 62.3. The van der Waals surface area contributed by atoms with Crippen LogP contribution in [0.25, 0.3) is 116 Å². The average Bonchev–Trinajstić information content (AvgIpc) is 1.60. The SMILES string of the molecule is [2H]c1c([2H])c([2H])c2c(c1[2H])c1c([2H])c([2H])c([2H])c([2H])c1n2-c1cc(-c2cc(-c3ccccc3)nc(-c3ccccc3)n2)cc(-n2c3c([2H])c([2H])c([2H])c([2H])c3c3c([2H])c([2H])c([2H])c([2H])c32)c1-n1c2c([2H])c([2H])c([2H])c([2H])c2c2c([2H])c([2H])c([2H])c([2H])c21. The lowest BCUT2D eigenvalue weighted by Gasteiger charge is -2.23. The number of benzene rings is 9. The molecule has 0 spiro atoms. The van der Waals surface area contributed by atoms with E-state index < -0.39 is 227 Å². The number of hydrogen-bond donors (Lipinski definition) is 0. The minimum absolute atomic E-state index is 0.0111. The Kier molecular flexibility index (Phi) is 4.23. The van der Waals surface area contributed by atoms with Gasteiger partial charge in [-0.3, -0.25) is 0 Å². The van der Waals surface area contributed by atoms with Crippen molar-refractivity contribution in [1.29, 1.82) is 0 Å². The van der Waals surface area contributed by atoms with Crippen molar-refractivity contribution in [3.63, 3.8) is 0 Å². The fraction of sp³-hybridized carbons (Fsp3) is 0. The van der Waals surface area contributed by atoms with E-state index in [1.807, 2.05) is 0 Å². The maximum absolute atomic E-state index is 9.79. The fourth-order valence-corrected chi connectivity index (χ4v) is 8.36. The molecule has 4 heterocycles. The molecule has 294 valence electrons. The van der Waals surface area contributed by atoms with Gasteiger partial charge in [0.1, 0.15) is 0 Å². The number of hydrogen-bond acceptors (Lipinski definition) is 2. The molecule has 13 aromatic rings. The summed E-state index contributed by atoms with van der Waals surface area (Å²) in [4.78, 5) is 10.0. The Morgan fingerprint density at radius 1 is 0.317 bits per heavy atom. The Hall–Kier alpha value is -8.54. The zero-order valence-electron chi connectivity index (χ0n) is 56.2. The second-order valence-corrected chi connectivity index (χ2v) is 14.4. The van der Waals surface area contributed by atoms with Crippen LogP contribution in [0.2, 0.25) is 0 Å². The molecule has 5 nitrogen and oxygen atoms in total. The summed E-state index contributed by atoms with van der Waals surface area (Å²) in [6.07, 6.45) is 0. The molecule has 0 fully saturated rings. The Morgan fingerprint density at radius 2 is 0.635 bits per heavy atom. The van der Waals surface area contributed by atoms with Gasteiger partial charge in [-0.25, -0.2) is 9.97 Å². The second kappa shape index (κ2) is 14.0. The van der Waals surface area contributed by atoms with Crippen LogP contribution in [-0.4, -0.2) is 23.7 Å². The van der Waals surface area contributed by atoms with Gasteiger partial charge < -0.3 is 13.7 Å². The third-order valence-electron chi connectivity index (χ3n) is 11.0. The van der Waals surface area contributed by atoms with Gasteiger partial charge in [-0.15, -0.1) is 0 Å². The molecule has 13 rings (SSSR count). The lowest BCUT2D eigenvalue weighted by atomic mass is 10.0. The fourth-order valence-electron chi connectivity index (χ4n) is 8.36. The van der Waals surface area contributed by atoms with Crippen LogP contribution in [0, 0.1) is 0 Å². The molecule has 0 radical (unpaired) electrons. The lowest BCUT2D eigenvalue weighted by Crippen LogP contribution is -2.10. The predicted molar refractivity (Wildman–Crippen MR) is 261 cm³/mol. The van der Waals surface area contributed by atoms with E-state index in [-0.39, 0.29) is 17.1 Å². The summed E-state index contributed by atoms with van der Waals surface area (Å²) >= 11 is 0. The molecule has 0 bridgehead atoms. The second-order valence-electron chi connectivity index (χ2n) is 14.4. The Labute approximate surface area is 396 Å². The molecule has 4 aromatic heterocycles. The summed E-state index contributed by atoms with van der Waals surface area (Å²) in [5, 5.41) is -2.79. The van der Waals surface area contributed by atoms with Gasteiger partial charge in [0.05, 0.1) is 94.4 Å². The largest absolute Gasteiger partial charge is 0.307 e. The van der Waals surface area contributed by atoms with Crippen molar-refractivity contribution in [2.45, 2.75) is 0 Å². The molecule has 0 aliphatic carbocycles. The van der Waals surface area contributed by atoms with Gasteiger partial charge in [0, 0.05) is 49.0 Å². The van der Waals surface area contributed by atoms with E-state index in [4.69, 9.17) is 23.7 Å². The van der Waals surface area contributed by atoms with Crippen LogP contribution in [0.3, 0.4) is 0 Å². The van der Waals surface area contributed by atoms with Crippen molar-refractivity contribution in [3.8, 4) is 51.0 Å². The Balaban J connectivity index is 1.44. The Bertz CT molecular complexity index is 4860. The van der Waals surface area contributed by atoms with Crippen molar-refractivity contribution >= 4 is 65.4 Å². The van der Waals surface area contributed by atoms with Crippen LogP contribution >= 0.6 is 0 Å². The van der Waals surface area contributed by atoms with E-state index in [0.717, 1.165) is 13.7 Å². The monoisotopic (exact) mass is 827 g/mol. The minimum atomic E-state index is -0.894. The summed E-state index contributed by atoms with van der Waals surface area (Å²) in [7, 11) is 0. The van der Waals surface area contributed by atoms with Crippen LogP contribution in [0.5, 0.6) is 0 Å². The van der Waals surface area contributed by atoms with Crippen LogP contribution in [0.1, 0.15) is 32.9 Å². The molecular formula is C58H37N5. The molecule has 0 aliphatic heterocycles. The molecule has 0 atom stereocenters. The topological polar surface area (TPSA) is 40.6 Å². The highest BCUT2D eigenvalue weighted by Gasteiger charge is 2.26. The Morgan fingerprint density at radius 3 is 1.02 bits per heavy atom. The van der Waals surface area contributed by atoms with Crippen molar-refractivity contribution in [1.82, 2.24) is 23.7 Å². The molecule has 0 aliphatic rings. The lowest BCUT2D eigenvalue weighted by molar-refractivity contribution is 1.05. The number of fused-ring (bicyclic) bond motifs is 9. The summed E-state index contributed by atoms with van der Waals surface area (Å²) in [5.74, 6) is 0.119. The molecule has 0 unspecified atom stereocenters. The highest BCUT2D eigenvalue weighted by molar-refractivity contribution is 6.14. The molecule has 0 amide bonds.